The van der Waals surface area contributed by atoms with Crippen LogP contribution in [0.5, 0.6) is 0 Å². The van der Waals surface area contributed by atoms with Crippen LogP contribution in [0.4, 0.5) is 17.1 Å². The van der Waals surface area contributed by atoms with Gasteiger partial charge in [0.1, 0.15) is 0 Å². The van der Waals surface area contributed by atoms with Crippen LogP contribution in [0.2, 0.25) is 0 Å². The van der Waals surface area contributed by atoms with Crippen LogP contribution < -0.4 is 4.90 Å². The number of benzene rings is 7. The highest BCUT2D eigenvalue weighted by atomic mass is 79.9. The summed E-state index contributed by atoms with van der Waals surface area (Å²) in [7, 11) is 0. The zero-order valence-corrected chi connectivity index (χ0v) is 31.2. The Morgan fingerprint density at radius 1 is 0.531 bits per heavy atom. The summed E-state index contributed by atoms with van der Waals surface area (Å²) in [6.07, 6.45) is 0. The van der Waals surface area contributed by atoms with Crippen molar-refractivity contribution in [2.75, 3.05) is 10.7 Å². The van der Waals surface area contributed by atoms with Gasteiger partial charge in [-0.3, -0.25) is 0 Å². The number of anilines is 3. The molecule has 246 valence electrons. The molecule has 0 fully saturated rings. The molecule has 0 radical (unpaired) electrons. The Morgan fingerprint density at radius 2 is 1.04 bits per heavy atom. The molecule has 3 heteroatoms. The van der Waals surface area contributed by atoms with Gasteiger partial charge in [-0.25, -0.2) is 0 Å². The van der Waals surface area contributed by atoms with Crippen molar-refractivity contribution in [2.45, 2.75) is 32.9 Å². The lowest BCUT2D eigenvalue weighted by Crippen LogP contribution is -2.10. The number of thioether (sulfide) groups is 1. The van der Waals surface area contributed by atoms with Crippen LogP contribution in [0.25, 0.3) is 33.0 Å². The molecule has 0 N–H and O–H groups in total. The second-order valence-electron chi connectivity index (χ2n) is 12.0. The first-order chi connectivity index (χ1) is 23.9. The molecule has 0 aromatic heterocycles. The maximum absolute atomic E-state index is 3.60. The molecule has 0 aliphatic heterocycles. The lowest BCUT2D eigenvalue weighted by Gasteiger charge is -2.27. The average Bonchev–Trinajstić information content (AvgIpc) is 3.13. The van der Waals surface area contributed by atoms with Crippen molar-refractivity contribution >= 4 is 55.5 Å². The van der Waals surface area contributed by atoms with E-state index in [9.17, 15) is 0 Å². The van der Waals surface area contributed by atoms with E-state index in [-0.39, 0.29) is 0 Å². The predicted octanol–water partition coefficient (Wildman–Crippen LogP) is 14.5. The van der Waals surface area contributed by atoms with E-state index < -0.39 is 0 Å². The minimum Gasteiger partial charge on any atom is -0.310 e. The van der Waals surface area contributed by atoms with Crippen LogP contribution in [0.15, 0.2) is 180 Å². The molecule has 0 atom stereocenters. The molecule has 7 aromatic rings. The molecule has 0 saturated heterocycles. The highest BCUT2D eigenvalue weighted by molar-refractivity contribution is 9.10. The number of hydrogen-bond acceptors (Lipinski definition) is 2. The highest BCUT2D eigenvalue weighted by Gasteiger charge is 2.15. The zero-order valence-electron chi connectivity index (χ0n) is 28.8. The van der Waals surface area contributed by atoms with E-state index >= 15 is 0 Å². The maximum atomic E-state index is 3.60. The summed E-state index contributed by atoms with van der Waals surface area (Å²) in [4.78, 5) is 2.35. The smallest absolute Gasteiger partial charge is 0.0540 e. The first-order valence-corrected chi connectivity index (χ1v) is 18.7. The van der Waals surface area contributed by atoms with Gasteiger partial charge < -0.3 is 4.90 Å². The number of para-hydroxylation sites is 1. The molecule has 49 heavy (non-hydrogen) atoms. The van der Waals surface area contributed by atoms with E-state index in [0.29, 0.717) is 0 Å². The Hall–Kier alpha value is -4.57. The first-order valence-electron chi connectivity index (χ1n) is 16.9. The molecule has 7 aromatic carbocycles. The van der Waals surface area contributed by atoms with E-state index in [0.717, 1.165) is 21.1 Å². The molecule has 0 heterocycles. The predicted molar refractivity (Wildman–Crippen MR) is 222 cm³/mol. The fraction of sp³-hybridized carbons (Fsp3) is 0.130. The van der Waals surface area contributed by atoms with Gasteiger partial charge in [-0.05, 0) is 94.1 Å². The highest BCUT2D eigenvalue weighted by Crippen LogP contribution is 2.40. The summed E-state index contributed by atoms with van der Waals surface area (Å²) in [5, 5.41) is 3.27. The number of rotatable bonds is 7. The van der Waals surface area contributed by atoms with Crippen molar-refractivity contribution in [3.05, 3.63) is 186 Å². The summed E-state index contributed by atoms with van der Waals surface area (Å²) in [6.45, 7) is 8.70. The van der Waals surface area contributed by atoms with Crippen molar-refractivity contribution in [3.63, 3.8) is 0 Å². The van der Waals surface area contributed by atoms with Gasteiger partial charge in [0.2, 0.25) is 0 Å². The van der Waals surface area contributed by atoms with Crippen LogP contribution in [0, 0.1) is 6.92 Å². The van der Waals surface area contributed by atoms with Crippen molar-refractivity contribution in [1.29, 1.82) is 0 Å². The summed E-state index contributed by atoms with van der Waals surface area (Å²) < 4.78 is 1.08. The minimum absolute atomic E-state index is 0.815. The zero-order chi connectivity index (χ0) is 34.4. The molecule has 0 saturated carbocycles. The molecule has 0 spiro atoms. The van der Waals surface area contributed by atoms with Gasteiger partial charge in [0.05, 0.1) is 5.69 Å². The molecular weight excluding hydrogens is 678 g/mol. The van der Waals surface area contributed by atoms with E-state index in [1.165, 1.54) is 50.0 Å². The third-order valence-corrected chi connectivity index (χ3v) is 9.41. The molecule has 0 bridgehead atoms. The van der Waals surface area contributed by atoms with E-state index in [4.69, 9.17) is 0 Å². The number of halogens is 1. The SMILES string of the molecule is Brc1cccc(-c2cccc(-c3cccc(N(c4ccccc4)c4cccc5ccccc45)c3)c2)c1.CCSC(C)C.Cc1ccccc1. The van der Waals surface area contributed by atoms with Crippen molar-refractivity contribution in [2.24, 2.45) is 0 Å². The summed E-state index contributed by atoms with van der Waals surface area (Å²) in [5.74, 6) is 1.25. The second kappa shape index (κ2) is 18.3. The van der Waals surface area contributed by atoms with Crippen LogP contribution in [-0.2, 0) is 0 Å². The molecular formula is C46H44BrNS. The first kappa shape index (κ1) is 35.7. The van der Waals surface area contributed by atoms with Gasteiger partial charge in [0.25, 0.3) is 0 Å². The molecule has 7 rings (SSSR count). The van der Waals surface area contributed by atoms with Gasteiger partial charge in [-0.15, -0.1) is 0 Å². The van der Waals surface area contributed by atoms with E-state index in [1.807, 2.05) is 30.0 Å². The summed E-state index contributed by atoms with van der Waals surface area (Å²) >= 11 is 5.59. The van der Waals surface area contributed by atoms with E-state index in [1.54, 1.807) is 0 Å². The topological polar surface area (TPSA) is 3.24 Å². The van der Waals surface area contributed by atoms with Gasteiger partial charge >= 0.3 is 0 Å². The Balaban J connectivity index is 0.000000304. The number of fused-ring (bicyclic) bond motifs is 1. The summed E-state index contributed by atoms with van der Waals surface area (Å²) in [6, 6.07) is 62.0. The Labute approximate surface area is 305 Å². The second-order valence-corrected chi connectivity index (χ2v) is 14.7. The Morgan fingerprint density at radius 3 is 1.63 bits per heavy atom. The summed E-state index contributed by atoms with van der Waals surface area (Å²) in [5.41, 5.74) is 9.53. The third kappa shape index (κ3) is 10.2. The van der Waals surface area contributed by atoms with Crippen molar-refractivity contribution in [1.82, 2.24) is 0 Å². The van der Waals surface area contributed by atoms with Crippen LogP contribution >= 0.6 is 27.7 Å². The molecule has 0 aliphatic rings. The Bertz CT molecular complexity index is 2030. The standard InChI is InChI=1S/C34H24BrN.C7H8.C5H12S/c35-30-16-7-14-28(23-30)26-12-6-13-27(22-26)29-15-8-19-32(24-29)36(31-17-2-1-3-18-31)34-21-9-11-25-10-4-5-20-33(25)34;1-7-5-3-2-4-6-7;1-4-6-5(2)3/h1-24H;2-6H,1H3;5H,4H2,1-3H3. The molecule has 0 amide bonds. The van der Waals surface area contributed by atoms with Crippen molar-refractivity contribution < 1.29 is 0 Å². The quantitative estimate of drug-likeness (QED) is 0.161. The van der Waals surface area contributed by atoms with E-state index in [2.05, 4.69) is 206 Å². The maximum Gasteiger partial charge on any atom is 0.0540 e. The van der Waals surface area contributed by atoms with Crippen LogP contribution in [0.3, 0.4) is 0 Å². The number of nitrogens with zero attached hydrogens (tertiary/aromatic N) is 1. The van der Waals surface area contributed by atoms with Gasteiger partial charge in [0, 0.05) is 21.2 Å². The van der Waals surface area contributed by atoms with Crippen molar-refractivity contribution in [3.8, 4) is 22.3 Å². The largest absolute Gasteiger partial charge is 0.310 e. The van der Waals surface area contributed by atoms with Crippen LogP contribution in [-0.4, -0.2) is 11.0 Å². The third-order valence-electron chi connectivity index (χ3n) is 7.92. The fourth-order valence-corrected chi connectivity index (χ4v) is 6.71. The molecule has 0 aliphatic carbocycles. The monoisotopic (exact) mass is 721 g/mol. The fourth-order valence-electron chi connectivity index (χ4n) is 5.65. The lowest BCUT2D eigenvalue weighted by atomic mass is 9.98. The minimum atomic E-state index is 0.815. The van der Waals surface area contributed by atoms with Gasteiger partial charge in [-0.1, -0.05) is 170 Å². The molecule has 0 unspecified atom stereocenters. The van der Waals surface area contributed by atoms with Gasteiger partial charge in [0.15, 0.2) is 0 Å². The molecule has 1 nitrogen and oxygen atoms in total. The van der Waals surface area contributed by atoms with Gasteiger partial charge in [-0.2, -0.15) is 11.8 Å². The normalized spacial score (nSPS) is 10.5. The average molecular weight is 723 g/mol. The number of hydrogen-bond donors (Lipinski definition) is 0. The lowest BCUT2D eigenvalue weighted by molar-refractivity contribution is 1.11. The van der Waals surface area contributed by atoms with Crippen LogP contribution in [0.1, 0.15) is 26.3 Å². The number of aryl methyl sites for hydroxylation is 1. The Kier molecular flexibility index (Phi) is 13.3.